The number of anilines is 1. The molecule has 4 heterocycles. The van der Waals surface area contributed by atoms with Gasteiger partial charge in [0.15, 0.2) is 0 Å². The predicted molar refractivity (Wildman–Crippen MR) is 132 cm³/mol. The Morgan fingerprint density at radius 3 is 2.46 bits per heavy atom. The van der Waals surface area contributed by atoms with Gasteiger partial charge in [-0.2, -0.15) is 5.26 Å². The Hall–Kier alpha value is -4.16. The number of nitrogens with two attached hydrogens (primary N) is 1. The van der Waals surface area contributed by atoms with Crippen molar-refractivity contribution in [3.63, 3.8) is 0 Å². The molecule has 0 amide bonds. The van der Waals surface area contributed by atoms with Gasteiger partial charge in [-0.3, -0.25) is 9.97 Å². The standard InChI is InChI=1S/C26H26N8O/c1-26(2,16-27)23-13-18(7-10-30-23)21-14-29-15-22(31-21)25-33-32-24(35-25)17-3-5-20(6-4-17)34-11-8-19(28)9-12-34/h3-7,10,13-15,19H,8-9,11-12,28H2,1-2H3. The zero-order valence-corrected chi connectivity index (χ0v) is 19.7. The highest BCUT2D eigenvalue weighted by atomic mass is 16.4. The highest BCUT2D eigenvalue weighted by molar-refractivity contribution is 5.63. The molecule has 5 rings (SSSR count). The second-order valence-electron chi connectivity index (χ2n) is 9.24. The topological polar surface area (TPSA) is 131 Å². The minimum atomic E-state index is -0.709. The quantitative estimate of drug-likeness (QED) is 0.464. The summed E-state index contributed by atoms with van der Waals surface area (Å²) in [7, 11) is 0. The summed E-state index contributed by atoms with van der Waals surface area (Å²) in [5, 5.41) is 17.8. The summed E-state index contributed by atoms with van der Waals surface area (Å²) in [5.41, 5.74) is 9.88. The fourth-order valence-electron chi connectivity index (χ4n) is 4.01. The molecular formula is C26H26N8O. The van der Waals surface area contributed by atoms with Crippen LogP contribution in [0.15, 0.2) is 59.4 Å². The lowest BCUT2D eigenvalue weighted by Gasteiger charge is -2.32. The summed E-state index contributed by atoms with van der Waals surface area (Å²) >= 11 is 0. The van der Waals surface area contributed by atoms with Crippen LogP contribution < -0.4 is 10.6 Å². The summed E-state index contributed by atoms with van der Waals surface area (Å²) in [6, 6.07) is 14.4. The number of nitriles is 1. The molecule has 9 nitrogen and oxygen atoms in total. The molecule has 0 radical (unpaired) electrons. The molecule has 1 saturated heterocycles. The van der Waals surface area contributed by atoms with E-state index in [0.29, 0.717) is 29.0 Å². The summed E-state index contributed by atoms with van der Waals surface area (Å²) < 4.78 is 5.93. The van der Waals surface area contributed by atoms with Gasteiger partial charge in [0.25, 0.3) is 5.89 Å². The van der Waals surface area contributed by atoms with Crippen LogP contribution in [0.1, 0.15) is 32.4 Å². The number of pyridine rings is 1. The van der Waals surface area contributed by atoms with Crippen molar-refractivity contribution >= 4 is 5.69 Å². The lowest BCUT2D eigenvalue weighted by molar-refractivity contribution is 0.501. The maximum atomic E-state index is 9.44. The van der Waals surface area contributed by atoms with E-state index in [9.17, 15) is 5.26 Å². The fraction of sp³-hybridized carbons (Fsp3) is 0.308. The molecular weight excluding hydrogens is 440 g/mol. The van der Waals surface area contributed by atoms with Crippen molar-refractivity contribution in [1.29, 1.82) is 5.26 Å². The Kier molecular flexibility index (Phi) is 5.97. The molecule has 0 spiro atoms. The summed E-state index contributed by atoms with van der Waals surface area (Å²) in [6.07, 6.45) is 6.93. The van der Waals surface area contributed by atoms with Crippen LogP contribution in [0, 0.1) is 11.3 Å². The van der Waals surface area contributed by atoms with Gasteiger partial charge >= 0.3 is 0 Å². The number of rotatable bonds is 5. The summed E-state index contributed by atoms with van der Waals surface area (Å²) in [5.74, 6) is 0.705. The first-order valence-corrected chi connectivity index (χ1v) is 11.6. The summed E-state index contributed by atoms with van der Waals surface area (Å²) in [4.78, 5) is 15.7. The lowest BCUT2D eigenvalue weighted by Crippen LogP contribution is -2.39. The SMILES string of the molecule is CC(C)(C#N)c1cc(-c2cncc(-c3nnc(-c4ccc(N5CCC(N)CC5)cc4)o3)n2)ccn1. The second kappa shape index (κ2) is 9.24. The third kappa shape index (κ3) is 4.74. The van der Waals surface area contributed by atoms with E-state index < -0.39 is 5.41 Å². The molecule has 1 fully saturated rings. The van der Waals surface area contributed by atoms with Gasteiger partial charge in [0.2, 0.25) is 5.89 Å². The maximum Gasteiger partial charge on any atom is 0.268 e. The minimum absolute atomic E-state index is 0.287. The molecule has 1 aliphatic heterocycles. The molecule has 0 aliphatic carbocycles. The Balaban J connectivity index is 1.37. The van der Waals surface area contributed by atoms with Crippen molar-refractivity contribution in [1.82, 2.24) is 25.1 Å². The van der Waals surface area contributed by atoms with Crippen LogP contribution in [0.25, 0.3) is 34.3 Å². The maximum absolute atomic E-state index is 9.44. The Labute approximate surface area is 203 Å². The van der Waals surface area contributed by atoms with Gasteiger partial charge < -0.3 is 15.1 Å². The van der Waals surface area contributed by atoms with E-state index in [-0.39, 0.29) is 5.89 Å². The third-order valence-electron chi connectivity index (χ3n) is 6.27. The number of benzene rings is 1. The van der Waals surface area contributed by atoms with Gasteiger partial charge in [0.05, 0.1) is 35.3 Å². The van der Waals surface area contributed by atoms with Crippen LogP contribution in [0.5, 0.6) is 0 Å². The molecule has 4 aromatic rings. The van der Waals surface area contributed by atoms with Crippen molar-refractivity contribution < 1.29 is 4.42 Å². The average Bonchev–Trinajstić information content (AvgIpc) is 3.40. The molecule has 0 atom stereocenters. The largest absolute Gasteiger partial charge is 0.415 e. The first-order valence-electron chi connectivity index (χ1n) is 11.6. The molecule has 35 heavy (non-hydrogen) atoms. The molecule has 0 bridgehead atoms. The number of aromatic nitrogens is 5. The van der Waals surface area contributed by atoms with Crippen molar-refractivity contribution in [2.45, 2.75) is 38.1 Å². The number of piperidine rings is 1. The van der Waals surface area contributed by atoms with E-state index in [0.717, 1.165) is 42.7 Å². The van der Waals surface area contributed by atoms with Crippen molar-refractivity contribution in [3.05, 3.63) is 60.7 Å². The van der Waals surface area contributed by atoms with E-state index >= 15 is 0 Å². The molecule has 2 N–H and O–H groups in total. The van der Waals surface area contributed by atoms with Gasteiger partial charge in [0, 0.05) is 42.1 Å². The first kappa shape index (κ1) is 22.6. The third-order valence-corrected chi connectivity index (χ3v) is 6.27. The Bertz CT molecular complexity index is 1360. The van der Waals surface area contributed by atoms with Crippen LogP contribution >= 0.6 is 0 Å². The Morgan fingerprint density at radius 2 is 1.71 bits per heavy atom. The van der Waals surface area contributed by atoms with Crippen molar-refractivity contribution in [3.8, 4) is 40.4 Å². The zero-order valence-electron chi connectivity index (χ0n) is 19.7. The number of hydrogen-bond acceptors (Lipinski definition) is 9. The van der Waals surface area contributed by atoms with E-state index in [2.05, 4.69) is 48.3 Å². The van der Waals surface area contributed by atoms with Crippen LogP contribution in [-0.2, 0) is 5.41 Å². The first-order chi connectivity index (χ1) is 16.9. The molecule has 1 aliphatic rings. The monoisotopic (exact) mass is 466 g/mol. The fourth-order valence-corrected chi connectivity index (χ4v) is 4.01. The molecule has 9 heteroatoms. The molecule has 1 aromatic carbocycles. The molecule has 0 unspecified atom stereocenters. The minimum Gasteiger partial charge on any atom is -0.415 e. The van der Waals surface area contributed by atoms with Gasteiger partial charge in [0.1, 0.15) is 5.69 Å². The number of hydrogen-bond donors (Lipinski definition) is 1. The molecule has 0 saturated carbocycles. The molecule has 3 aromatic heterocycles. The number of nitrogens with zero attached hydrogens (tertiary/aromatic N) is 7. The van der Waals surface area contributed by atoms with E-state index in [1.165, 1.54) is 0 Å². The highest BCUT2D eigenvalue weighted by Gasteiger charge is 2.22. The zero-order chi connectivity index (χ0) is 24.4. The Morgan fingerprint density at radius 1 is 1.00 bits per heavy atom. The summed E-state index contributed by atoms with van der Waals surface area (Å²) in [6.45, 7) is 5.59. The smallest absolute Gasteiger partial charge is 0.268 e. The predicted octanol–water partition coefficient (Wildman–Crippen LogP) is 3.98. The second-order valence-corrected chi connectivity index (χ2v) is 9.24. The van der Waals surface area contributed by atoms with E-state index in [1.54, 1.807) is 18.6 Å². The normalized spacial score (nSPS) is 14.6. The van der Waals surface area contributed by atoms with Crippen molar-refractivity contribution in [2.24, 2.45) is 5.73 Å². The van der Waals surface area contributed by atoms with Gasteiger partial charge in [-0.25, -0.2) is 4.98 Å². The van der Waals surface area contributed by atoms with Crippen LogP contribution in [0.2, 0.25) is 0 Å². The van der Waals surface area contributed by atoms with Gasteiger partial charge in [-0.05, 0) is 63.1 Å². The van der Waals surface area contributed by atoms with Crippen LogP contribution in [-0.4, -0.2) is 44.3 Å². The highest BCUT2D eigenvalue weighted by Crippen LogP contribution is 2.28. The lowest BCUT2D eigenvalue weighted by atomic mass is 9.90. The van der Waals surface area contributed by atoms with Crippen molar-refractivity contribution in [2.75, 3.05) is 18.0 Å². The molecule has 176 valence electrons. The van der Waals surface area contributed by atoms with Crippen LogP contribution in [0.4, 0.5) is 5.69 Å². The average molecular weight is 467 g/mol. The van der Waals surface area contributed by atoms with Gasteiger partial charge in [-0.1, -0.05) is 0 Å². The van der Waals surface area contributed by atoms with E-state index in [4.69, 9.17) is 10.2 Å². The van der Waals surface area contributed by atoms with Gasteiger partial charge in [-0.15, -0.1) is 10.2 Å². The van der Waals surface area contributed by atoms with Crippen LogP contribution in [0.3, 0.4) is 0 Å². The van der Waals surface area contributed by atoms with E-state index in [1.807, 2.05) is 38.1 Å².